The van der Waals surface area contributed by atoms with Crippen LogP contribution in [0.25, 0.3) is 54.2 Å². The minimum absolute atomic E-state index is 0.130. The number of hydrogen-bond donors (Lipinski definition) is 0. The Labute approximate surface area is 249 Å². The molecule has 0 saturated heterocycles. The Balaban J connectivity index is 1.50. The molecular formula is C35H34N2S3. The van der Waals surface area contributed by atoms with E-state index in [9.17, 15) is 0 Å². The van der Waals surface area contributed by atoms with Gasteiger partial charge in [0.15, 0.2) is 0 Å². The largest absolute Gasteiger partial charge is 0.172 e. The molecule has 0 amide bonds. The van der Waals surface area contributed by atoms with Crippen LogP contribution in [0.15, 0.2) is 84.9 Å². The summed E-state index contributed by atoms with van der Waals surface area (Å²) in [6.07, 6.45) is 2.21. The molecule has 0 fully saturated rings. The van der Waals surface area contributed by atoms with E-state index < -0.39 is 0 Å². The standard InChI is InChI=1S/C35H34N2S3/c1-6-35(5,7-2)34-28(24-16-12-9-13-17-24)21-30(39-34)26-19-18-25(31-32(26)37-40-36-31)29-20-27(33(38-29)22(3)4)23-14-10-8-11-15-23/h8-22H,6-7H2,1-5H3. The Kier molecular flexibility index (Phi) is 7.47. The third kappa shape index (κ3) is 4.74. The normalized spacial score (nSPS) is 12.1. The minimum Gasteiger partial charge on any atom is -0.172 e. The summed E-state index contributed by atoms with van der Waals surface area (Å²) in [6.45, 7) is 11.6. The van der Waals surface area contributed by atoms with Crippen LogP contribution in [0.2, 0.25) is 0 Å². The van der Waals surface area contributed by atoms with Gasteiger partial charge in [-0.25, -0.2) is 0 Å². The van der Waals surface area contributed by atoms with E-state index in [1.807, 2.05) is 22.7 Å². The fraction of sp³-hybridized carbons (Fsp3) is 0.257. The van der Waals surface area contributed by atoms with Gasteiger partial charge in [0.1, 0.15) is 11.0 Å². The summed E-state index contributed by atoms with van der Waals surface area (Å²) < 4.78 is 9.71. The zero-order valence-corrected chi connectivity index (χ0v) is 26.1. The van der Waals surface area contributed by atoms with Gasteiger partial charge >= 0.3 is 0 Å². The lowest BCUT2D eigenvalue weighted by Crippen LogP contribution is -2.18. The van der Waals surface area contributed by atoms with Gasteiger partial charge in [0, 0.05) is 36.1 Å². The molecule has 0 aliphatic carbocycles. The summed E-state index contributed by atoms with van der Waals surface area (Å²) >= 11 is 5.13. The average Bonchev–Trinajstić information content (AvgIpc) is 3.76. The van der Waals surface area contributed by atoms with Crippen LogP contribution in [0, 0.1) is 0 Å². The van der Waals surface area contributed by atoms with E-state index >= 15 is 0 Å². The van der Waals surface area contributed by atoms with Crippen molar-refractivity contribution >= 4 is 45.4 Å². The summed E-state index contributed by atoms with van der Waals surface area (Å²) in [6, 6.07) is 30.9. The van der Waals surface area contributed by atoms with Gasteiger partial charge in [-0.05, 0) is 53.1 Å². The number of rotatable bonds is 8. The van der Waals surface area contributed by atoms with Crippen LogP contribution in [0.4, 0.5) is 0 Å². The van der Waals surface area contributed by atoms with Crippen molar-refractivity contribution in [3.05, 3.63) is 94.7 Å². The van der Waals surface area contributed by atoms with E-state index in [4.69, 9.17) is 8.75 Å². The molecule has 6 aromatic rings. The number of fused-ring (bicyclic) bond motifs is 1. The van der Waals surface area contributed by atoms with Crippen molar-refractivity contribution in [3.63, 3.8) is 0 Å². The van der Waals surface area contributed by atoms with Crippen LogP contribution in [0.3, 0.4) is 0 Å². The summed E-state index contributed by atoms with van der Waals surface area (Å²) in [5.41, 5.74) is 9.72. The van der Waals surface area contributed by atoms with Crippen molar-refractivity contribution in [2.45, 2.75) is 58.8 Å². The molecule has 6 rings (SSSR count). The maximum absolute atomic E-state index is 4.86. The quantitative estimate of drug-likeness (QED) is 0.179. The summed E-state index contributed by atoms with van der Waals surface area (Å²) in [7, 11) is 0. The van der Waals surface area contributed by atoms with E-state index in [0.717, 1.165) is 23.9 Å². The molecule has 0 aliphatic rings. The first kappa shape index (κ1) is 27.1. The second-order valence-corrected chi connectivity index (χ2v) is 13.7. The molecule has 0 spiro atoms. The van der Waals surface area contributed by atoms with Gasteiger partial charge in [-0.2, -0.15) is 8.75 Å². The second kappa shape index (κ2) is 11.0. The molecule has 0 aliphatic heterocycles. The zero-order valence-electron chi connectivity index (χ0n) is 23.7. The number of aromatic nitrogens is 2. The maximum Gasteiger partial charge on any atom is 0.114 e. The molecule has 3 aromatic carbocycles. The van der Waals surface area contributed by atoms with E-state index in [1.54, 1.807) is 0 Å². The third-order valence-electron chi connectivity index (χ3n) is 8.24. The molecule has 0 radical (unpaired) electrons. The van der Waals surface area contributed by atoms with Gasteiger partial charge in [0.2, 0.25) is 0 Å². The highest BCUT2D eigenvalue weighted by molar-refractivity contribution is 7.16. The van der Waals surface area contributed by atoms with Crippen LogP contribution in [-0.4, -0.2) is 8.75 Å². The SMILES string of the molecule is CCC(C)(CC)c1sc(-c2ccc(-c3cc(-c4ccccc4)c(C(C)C)s3)c3nsnc23)cc1-c1ccccc1. The molecule has 0 saturated carbocycles. The van der Waals surface area contributed by atoms with Crippen molar-refractivity contribution < 1.29 is 0 Å². The number of thiophene rings is 2. The predicted molar refractivity (Wildman–Crippen MR) is 177 cm³/mol. The van der Waals surface area contributed by atoms with Gasteiger partial charge in [-0.15, -0.1) is 22.7 Å². The molecule has 3 aromatic heterocycles. The lowest BCUT2D eigenvalue weighted by atomic mass is 9.80. The zero-order chi connectivity index (χ0) is 27.9. The van der Waals surface area contributed by atoms with Crippen molar-refractivity contribution in [1.29, 1.82) is 0 Å². The van der Waals surface area contributed by atoms with Crippen molar-refractivity contribution in [3.8, 4) is 43.1 Å². The maximum atomic E-state index is 4.86. The smallest absolute Gasteiger partial charge is 0.114 e. The number of benzene rings is 3. The van der Waals surface area contributed by atoms with Crippen molar-refractivity contribution in [1.82, 2.24) is 8.75 Å². The van der Waals surface area contributed by atoms with Crippen LogP contribution >= 0.6 is 34.4 Å². The Morgan fingerprint density at radius 3 is 1.68 bits per heavy atom. The summed E-state index contributed by atoms with van der Waals surface area (Å²) in [5, 5.41) is 0. The Morgan fingerprint density at radius 1 is 0.650 bits per heavy atom. The van der Waals surface area contributed by atoms with Gasteiger partial charge in [-0.3, -0.25) is 0 Å². The second-order valence-electron chi connectivity index (χ2n) is 11.0. The number of nitrogens with zero attached hydrogens (tertiary/aromatic N) is 2. The Morgan fingerprint density at radius 2 is 1.15 bits per heavy atom. The van der Waals surface area contributed by atoms with Gasteiger partial charge in [-0.1, -0.05) is 107 Å². The molecular weight excluding hydrogens is 545 g/mol. The van der Waals surface area contributed by atoms with Gasteiger partial charge < -0.3 is 0 Å². The molecule has 5 heteroatoms. The molecule has 2 nitrogen and oxygen atoms in total. The number of hydrogen-bond acceptors (Lipinski definition) is 5. The fourth-order valence-electron chi connectivity index (χ4n) is 5.45. The van der Waals surface area contributed by atoms with Crippen LogP contribution in [-0.2, 0) is 5.41 Å². The first-order valence-corrected chi connectivity index (χ1v) is 16.4. The van der Waals surface area contributed by atoms with Crippen molar-refractivity contribution in [2.75, 3.05) is 0 Å². The van der Waals surface area contributed by atoms with E-state index in [0.29, 0.717) is 5.92 Å². The monoisotopic (exact) mass is 578 g/mol. The van der Waals surface area contributed by atoms with Crippen molar-refractivity contribution in [2.24, 2.45) is 0 Å². The van der Waals surface area contributed by atoms with Gasteiger partial charge in [0.25, 0.3) is 0 Å². The molecule has 0 atom stereocenters. The van der Waals surface area contributed by atoms with Crippen LogP contribution < -0.4 is 0 Å². The van der Waals surface area contributed by atoms with E-state index in [-0.39, 0.29) is 5.41 Å². The van der Waals surface area contributed by atoms with Crippen LogP contribution in [0.5, 0.6) is 0 Å². The predicted octanol–water partition coefficient (Wildman–Crippen LogP) is 11.7. The lowest BCUT2D eigenvalue weighted by Gasteiger charge is -2.27. The molecule has 0 N–H and O–H groups in total. The first-order chi connectivity index (χ1) is 19.4. The van der Waals surface area contributed by atoms with E-state index in [1.165, 1.54) is 64.6 Å². The highest BCUT2D eigenvalue weighted by atomic mass is 32.1. The highest BCUT2D eigenvalue weighted by Gasteiger charge is 2.29. The summed E-state index contributed by atoms with van der Waals surface area (Å²) in [5.74, 6) is 0.449. The average molecular weight is 579 g/mol. The molecule has 0 unspecified atom stereocenters. The highest BCUT2D eigenvalue weighted by Crippen LogP contribution is 2.49. The van der Waals surface area contributed by atoms with Gasteiger partial charge in [0.05, 0.1) is 11.7 Å². The summed E-state index contributed by atoms with van der Waals surface area (Å²) in [4.78, 5) is 5.40. The minimum atomic E-state index is 0.130. The molecule has 202 valence electrons. The van der Waals surface area contributed by atoms with E-state index in [2.05, 4.69) is 120 Å². The lowest BCUT2D eigenvalue weighted by molar-refractivity contribution is 0.449. The molecule has 40 heavy (non-hydrogen) atoms. The topological polar surface area (TPSA) is 25.8 Å². The third-order valence-corrected chi connectivity index (χ3v) is 11.7. The Hall–Kier alpha value is -3.12. The molecule has 0 bridgehead atoms. The van der Waals surface area contributed by atoms with Crippen LogP contribution in [0.1, 0.15) is 63.1 Å². The first-order valence-electron chi connectivity index (χ1n) is 14.1. The molecule has 3 heterocycles. The Bertz CT molecular complexity index is 1750. The fourth-order valence-corrected chi connectivity index (χ4v) is 8.73.